The Hall–Kier alpha value is -0.830. The highest BCUT2D eigenvalue weighted by Crippen LogP contribution is 2.20. The van der Waals surface area contributed by atoms with Crippen LogP contribution in [-0.2, 0) is 14.3 Å². The molecule has 1 fully saturated rings. The molecule has 0 aromatic rings. The van der Waals surface area contributed by atoms with E-state index in [9.17, 15) is 4.79 Å². The Morgan fingerprint density at radius 2 is 2.43 bits per heavy atom. The minimum Gasteiger partial charge on any atom is -0.456 e. The van der Waals surface area contributed by atoms with Crippen molar-refractivity contribution in [3.05, 3.63) is 12.2 Å². The number of hydrogen-bond acceptors (Lipinski definition) is 3. The number of hydrogen-bond donors (Lipinski definition) is 0. The zero-order chi connectivity index (χ0) is 10.6. The molecule has 0 saturated carbocycles. The SMILES string of the molecule is C=C(C)C(=O)OC(CC)C1CCCO1. The fourth-order valence-corrected chi connectivity index (χ4v) is 1.56. The summed E-state index contributed by atoms with van der Waals surface area (Å²) in [4.78, 5) is 11.3. The van der Waals surface area contributed by atoms with Crippen LogP contribution in [0.4, 0.5) is 0 Å². The number of rotatable bonds is 4. The molecule has 1 aliphatic rings. The van der Waals surface area contributed by atoms with E-state index >= 15 is 0 Å². The summed E-state index contributed by atoms with van der Waals surface area (Å²) in [6.45, 7) is 7.99. The topological polar surface area (TPSA) is 35.5 Å². The van der Waals surface area contributed by atoms with Crippen molar-refractivity contribution in [3.8, 4) is 0 Å². The van der Waals surface area contributed by atoms with Gasteiger partial charge in [0.05, 0.1) is 6.10 Å². The van der Waals surface area contributed by atoms with Crippen LogP contribution < -0.4 is 0 Å². The monoisotopic (exact) mass is 198 g/mol. The molecule has 3 heteroatoms. The van der Waals surface area contributed by atoms with Gasteiger partial charge in [0.2, 0.25) is 0 Å². The summed E-state index contributed by atoms with van der Waals surface area (Å²) in [7, 11) is 0. The molecule has 80 valence electrons. The Morgan fingerprint density at radius 3 is 2.86 bits per heavy atom. The third-order valence-electron chi connectivity index (χ3n) is 2.39. The molecule has 0 aromatic heterocycles. The van der Waals surface area contributed by atoms with Gasteiger partial charge in [0.15, 0.2) is 0 Å². The molecule has 0 spiro atoms. The average molecular weight is 198 g/mol. The fourth-order valence-electron chi connectivity index (χ4n) is 1.56. The molecular formula is C11H18O3. The van der Waals surface area contributed by atoms with E-state index in [0.29, 0.717) is 5.57 Å². The predicted octanol–water partition coefficient (Wildman–Crippen LogP) is 2.06. The summed E-state index contributed by atoms with van der Waals surface area (Å²) in [5, 5.41) is 0. The maximum absolute atomic E-state index is 11.3. The first-order valence-corrected chi connectivity index (χ1v) is 5.13. The van der Waals surface area contributed by atoms with Crippen LogP contribution in [0.15, 0.2) is 12.2 Å². The number of ether oxygens (including phenoxy) is 2. The van der Waals surface area contributed by atoms with Crippen molar-refractivity contribution in [1.82, 2.24) is 0 Å². The molecule has 3 nitrogen and oxygen atoms in total. The van der Waals surface area contributed by atoms with E-state index in [4.69, 9.17) is 9.47 Å². The standard InChI is InChI=1S/C11H18O3/c1-4-9(10-6-5-7-13-10)14-11(12)8(2)3/h9-10H,2,4-7H2,1,3H3. The lowest BCUT2D eigenvalue weighted by Crippen LogP contribution is -2.30. The molecule has 0 amide bonds. The highest BCUT2D eigenvalue weighted by atomic mass is 16.6. The first-order valence-electron chi connectivity index (χ1n) is 5.13. The summed E-state index contributed by atoms with van der Waals surface area (Å²) in [5.41, 5.74) is 0.446. The largest absolute Gasteiger partial charge is 0.456 e. The lowest BCUT2D eigenvalue weighted by Gasteiger charge is -2.21. The molecule has 2 atom stereocenters. The third kappa shape index (κ3) is 2.84. The van der Waals surface area contributed by atoms with Crippen molar-refractivity contribution in [2.24, 2.45) is 0 Å². The van der Waals surface area contributed by atoms with Gasteiger partial charge in [-0.3, -0.25) is 0 Å². The minimum atomic E-state index is -0.313. The number of carbonyl (C=O) groups excluding carboxylic acids is 1. The molecular weight excluding hydrogens is 180 g/mol. The van der Waals surface area contributed by atoms with Gasteiger partial charge in [0.1, 0.15) is 6.10 Å². The van der Waals surface area contributed by atoms with Gasteiger partial charge in [0.25, 0.3) is 0 Å². The molecule has 1 aliphatic heterocycles. The van der Waals surface area contributed by atoms with Gasteiger partial charge in [-0.05, 0) is 26.2 Å². The van der Waals surface area contributed by atoms with Crippen LogP contribution in [0.2, 0.25) is 0 Å². The smallest absolute Gasteiger partial charge is 0.333 e. The third-order valence-corrected chi connectivity index (χ3v) is 2.39. The molecule has 1 heterocycles. The first-order chi connectivity index (χ1) is 6.65. The summed E-state index contributed by atoms with van der Waals surface area (Å²) in [6.07, 6.45) is 2.82. The van der Waals surface area contributed by atoms with Gasteiger partial charge in [-0.2, -0.15) is 0 Å². The zero-order valence-corrected chi connectivity index (χ0v) is 8.91. The van der Waals surface area contributed by atoms with Crippen molar-refractivity contribution < 1.29 is 14.3 Å². The average Bonchev–Trinajstić information content (AvgIpc) is 2.66. The second-order valence-electron chi connectivity index (χ2n) is 3.68. The zero-order valence-electron chi connectivity index (χ0n) is 8.91. The summed E-state index contributed by atoms with van der Waals surface area (Å²) >= 11 is 0. The Bertz CT molecular complexity index is 217. The van der Waals surface area contributed by atoms with Gasteiger partial charge in [-0.1, -0.05) is 13.5 Å². The maximum Gasteiger partial charge on any atom is 0.333 e. The molecule has 0 N–H and O–H groups in total. The van der Waals surface area contributed by atoms with Crippen molar-refractivity contribution in [3.63, 3.8) is 0 Å². The van der Waals surface area contributed by atoms with E-state index in [2.05, 4.69) is 6.58 Å². The van der Waals surface area contributed by atoms with E-state index in [1.54, 1.807) is 6.92 Å². The van der Waals surface area contributed by atoms with Gasteiger partial charge in [-0.15, -0.1) is 0 Å². The van der Waals surface area contributed by atoms with Gasteiger partial charge in [0, 0.05) is 12.2 Å². The molecule has 1 saturated heterocycles. The normalized spacial score (nSPS) is 23.1. The summed E-state index contributed by atoms with van der Waals surface area (Å²) in [6, 6.07) is 0. The lowest BCUT2D eigenvalue weighted by atomic mass is 10.1. The van der Waals surface area contributed by atoms with Crippen molar-refractivity contribution >= 4 is 5.97 Å². The van der Waals surface area contributed by atoms with Crippen LogP contribution in [0, 0.1) is 0 Å². The predicted molar refractivity (Wildman–Crippen MR) is 54.0 cm³/mol. The molecule has 0 aliphatic carbocycles. The number of esters is 1. The van der Waals surface area contributed by atoms with Crippen LogP contribution in [0.1, 0.15) is 33.1 Å². The molecule has 0 aromatic carbocycles. The molecule has 2 unspecified atom stereocenters. The van der Waals surface area contributed by atoms with Crippen LogP contribution in [0.5, 0.6) is 0 Å². The summed E-state index contributed by atoms with van der Waals surface area (Å²) in [5.74, 6) is -0.313. The van der Waals surface area contributed by atoms with Gasteiger partial charge >= 0.3 is 5.97 Å². The van der Waals surface area contributed by atoms with Crippen LogP contribution in [0.3, 0.4) is 0 Å². The molecule has 0 radical (unpaired) electrons. The van der Waals surface area contributed by atoms with E-state index in [1.165, 1.54) is 0 Å². The van der Waals surface area contributed by atoms with Crippen molar-refractivity contribution in [1.29, 1.82) is 0 Å². The lowest BCUT2D eigenvalue weighted by molar-refractivity contribution is -0.150. The molecule has 0 bridgehead atoms. The van der Waals surface area contributed by atoms with Gasteiger partial charge in [-0.25, -0.2) is 4.79 Å². The minimum absolute atomic E-state index is 0.0864. The van der Waals surface area contributed by atoms with Crippen LogP contribution in [0.25, 0.3) is 0 Å². The summed E-state index contributed by atoms with van der Waals surface area (Å²) < 4.78 is 10.8. The van der Waals surface area contributed by atoms with Crippen molar-refractivity contribution in [2.45, 2.75) is 45.3 Å². The van der Waals surface area contributed by atoms with E-state index < -0.39 is 0 Å². The number of carbonyl (C=O) groups is 1. The van der Waals surface area contributed by atoms with Crippen molar-refractivity contribution in [2.75, 3.05) is 6.61 Å². The van der Waals surface area contributed by atoms with Crippen LogP contribution in [-0.4, -0.2) is 24.8 Å². The Labute approximate surface area is 85.1 Å². The molecule has 1 rings (SSSR count). The van der Waals surface area contributed by atoms with Crippen LogP contribution >= 0.6 is 0 Å². The maximum atomic E-state index is 11.3. The second kappa shape index (κ2) is 5.15. The quantitative estimate of drug-likeness (QED) is 0.512. The highest BCUT2D eigenvalue weighted by Gasteiger charge is 2.27. The highest BCUT2D eigenvalue weighted by molar-refractivity contribution is 5.87. The Balaban J connectivity index is 2.45. The van der Waals surface area contributed by atoms with E-state index in [0.717, 1.165) is 25.9 Å². The van der Waals surface area contributed by atoms with E-state index in [1.807, 2.05) is 6.92 Å². The Morgan fingerprint density at radius 1 is 1.71 bits per heavy atom. The second-order valence-corrected chi connectivity index (χ2v) is 3.68. The van der Waals surface area contributed by atoms with Gasteiger partial charge < -0.3 is 9.47 Å². The molecule has 14 heavy (non-hydrogen) atoms. The fraction of sp³-hybridized carbons (Fsp3) is 0.727. The first kappa shape index (κ1) is 11.2. The Kier molecular flexibility index (Phi) is 4.14. The van der Waals surface area contributed by atoms with E-state index in [-0.39, 0.29) is 18.2 Å².